The molecule has 0 aliphatic rings. The molecule has 1 rings (SSSR count). The van der Waals surface area contributed by atoms with Crippen molar-refractivity contribution >= 4 is 29.4 Å². The van der Waals surface area contributed by atoms with E-state index in [2.05, 4.69) is 20.6 Å². The summed E-state index contributed by atoms with van der Waals surface area (Å²) in [5.41, 5.74) is 3.02. The van der Waals surface area contributed by atoms with Crippen LogP contribution in [0.5, 0.6) is 0 Å². The van der Waals surface area contributed by atoms with Gasteiger partial charge < -0.3 is 10.2 Å². The van der Waals surface area contributed by atoms with Crippen LogP contribution in [0.25, 0.3) is 0 Å². The van der Waals surface area contributed by atoms with Crippen molar-refractivity contribution in [2.75, 3.05) is 12.0 Å². The second kappa shape index (κ2) is 8.74. The van der Waals surface area contributed by atoms with Crippen LogP contribution in [-0.2, 0) is 15.7 Å². The van der Waals surface area contributed by atoms with E-state index < -0.39 is 29.3 Å². The number of nitrogens with one attached hydrogen (secondary N) is 3. The largest absolute Gasteiger partial charge is 0.450 e. The predicted molar refractivity (Wildman–Crippen MR) is 79.9 cm³/mol. The number of ether oxygens (including phenoxy) is 1. The number of nitrogens with zero attached hydrogens (tertiary/aromatic N) is 2. The summed E-state index contributed by atoms with van der Waals surface area (Å²) in [6, 6.07) is 2.17. The van der Waals surface area contributed by atoms with Crippen LogP contribution in [-0.4, -0.2) is 23.6 Å². The van der Waals surface area contributed by atoms with E-state index in [0.717, 1.165) is 6.20 Å². The molecule has 3 N–H and O–H groups in total. The Kier molecular flexibility index (Phi) is 7.01. The summed E-state index contributed by atoms with van der Waals surface area (Å²) >= 11 is 5.66. The van der Waals surface area contributed by atoms with E-state index in [4.69, 9.17) is 16.9 Å². The smallest absolute Gasteiger partial charge is 0.417 e. The first-order valence-electron chi connectivity index (χ1n) is 6.51. The van der Waals surface area contributed by atoms with Crippen LogP contribution in [0.1, 0.15) is 12.5 Å². The zero-order valence-electron chi connectivity index (χ0n) is 12.6. The first-order chi connectivity index (χ1) is 11.7. The number of amides is 2. The summed E-state index contributed by atoms with van der Waals surface area (Å²) in [4.78, 5) is 26.1. The number of alkyl halides is 3. The Labute approximate surface area is 144 Å². The number of hydrogen-bond donors (Lipinski definition) is 3. The molecular formula is C13H11ClF3N5O3. The van der Waals surface area contributed by atoms with E-state index in [1.807, 2.05) is 0 Å². The molecule has 0 aliphatic heterocycles. The summed E-state index contributed by atoms with van der Waals surface area (Å²) < 4.78 is 41.9. The fourth-order valence-corrected chi connectivity index (χ4v) is 1.55. The molecule has 0 saturated carbocycles. The second-order valence-corrected chi connectivity index (χ2v) is 4.57. The summed E-state index contributed by atoms with van der Waals surface area (Å²) in [6.45, 7) is 1.56. The molecule has 0 aromatic carbocycles. The van der Waals surface area contributed by atoms with E-state index in [9.17, 15) is 22.8 Å². The Balaban J connectivity index is 2.73. The van der Waals surface area contributed by atoms with Crippen molar-refractivity contribution in [1.29, 1.82) is 5.26 Å². The Hall–Kier alpha value is -3.00. The molecule has 2 amide bonds. The Bertz CT molecular complexity index is 731. The number of rotatable bonds is 5. The molecule has 25 heavy (non-hydrogen) atoms. The van der Waals surface area contributed by atoms with Crippen molar-refractivity contribution in [2.45, 2.75) is 13.1 Å². The Morgan fingerprint density at radius 1 is 1.48 bits per heavy atom. The van der Waals surface area contributed by atoms with Crippen molar-refractivity contribution in [3.63, 3.8) is 0 Å². The first kappa shape index (κ1) is 20.0. The summed E-state index contributed by atoms with van der Waals surface area (Å²) in [7, 11) is 0. The van der Waals surface area contributed by atoms with Gasteiger partial charge in [-0.2, -0.15) is 18.4 Å². The van der Waals surface area contributed by atoms with E-state index in [1.165, 1.54) is 13.0 Å². The number of hydrazine groups is 1. The summed E-state index contributed by atoms with van der Waals surface area (Å²) in [6.07, 6.45) is -4.21. The topological polar surface area (TPSA) is 116 Å². The molecule has 1 heterocycles. The molecule has 0 spiro atoms. The molecular weight excluding hydrogens is 367 g/mol. The lowest BCUT2D eigenvalue weighted by atomic mass is 10.3. The number of alkyl carbamates (subject to hydrolysis) is 1. The molecule has 0 saturated heterocycles. The van der Waals surface area contributed by atoms with Crippen LogP contribution in [0.15, 0.2) is 24.0 Å². The highest BCUT2D eigenvalue weighted by Gasteiger charge is 2.31. The van der Waals surface area contributed by atoms with Gasteiger partial charge in [-0.25, -0.2) is 9.78 Å². The van der Waals surface area contributed by atoms with Gasteiger partial charge in [0.25, 0.3) is 5.91 Å². The fourth-order valence-electron chi connectivity index (χ4n) is 1.34. The van der Waals surface area contributed by atoms with Crippen LogP contribution in [0.4, 0.5) is 23.8 Å². The summed E-state index contributed by atoms with van der Waals surface area (Å²) in [5.74, 6) is -1.21. The molecule has 0 bridgehead atoms. The van der Waals surface area contributed by atoms with Gasteiger partial charge in [-0.1, -0.05) is 11.6 Å². The highest BCUT2D eigenvalue weighted by Crippen LogP contribution is 2.32. The van der Waals surface area contributed by atoms with E-state index in [-0.39, 0.29) is 17.4 Å². The van der Waals surface area contributed by atoms with E-state index in [0.29, 0.717) is 12.3 Å². The molecule has 1 aromatic rings. The number of hydrogen-bond acceptors (Lipinski definition) is 7. The number of aromatic nitrogens is 1. The monoisotopic (exact) mass is 377 g/mol. The molecule has 1 aromatic heterocycles. The van der Waals surface area contributed by atoms with Crippen molar-refractivity contribution in [2.24, 2.45) is 0 Å². The number of nitriles is 1. The third-order valence-electron chi connectivity index (χ3n) is 2.43. The lowest BCUT2D eigenvalue weighted by molar-refractivity contribution is -0.137. The molecule has 0 atom stereocenters. The maximum Gasteiger partial charge on any atom is 0.417 e. The molecule has 134 valence electrons. The number of halogens is 4. The highest BCUT2D eigenvalue weighted by atomic mass is 35.5. The van der Waals surface area contributed by atoms with Crippen molar-refractivity contribution < 1.29 is 27.5 Å². The van der Waals surface area contributed by atoms with Crippen molar-refractivity contribution in [3.8, 4) is 6.07 Å². The minimum absolute atomic E-state index is 0.0304. The maximum absolute atomic E-state index is 12.5. The van der Waals surface area contributed by atoms with Crippen LogP contribution in [0, 0.1) is 11.3 Å². The maximum atomic E-state index is 12.5. The van der Waals surface area contributed by atoms with Crippen LogP contribution < -0.4 is 16.2 Å². The summed E-state index contributed by atoms with van der Waals surface area (Å²) in [5, 5.41) is 10.3. The average Bonchev–Trinajstić information content (AvgIpc) is 2.51. The highest BCUT2D eigenvalue weighted by molar-refractivity contribution is 6.32. The standard InChI is InChI=1S/C13H11ClF3N5O3/c1-2-25-12(24)21-11(23)7(4-18)5-20-22-10-9(14)3-8(6-19-10)13(15,16)17/h3,5-6,20H,2H2,1H3,(H,19,22)(H,21,23,24)/b7-5+. The van der Waals surface area contributed by atoms with Gasteiger partial charge in [0.05, 0.1) is 17.2 Å². The van der Waals surface area contributed by atoms with Crippen LogP contribution >= 0.6 is 11.6 Å². The SMILES string of the molecule is CCOC(=O)NC(=O)/C(C#N)=C/NNc1ncc(C(F)(F)F)cc1Cl. The van der Waals surface area contributed by atoms with E-state index in [1.54, 1.807) is 5.32 Å². The third kappa shape index (κ3) is 6.19. The van der Waals surface area contributed by atoms with Crippen LogP contribution in [0.3, 0.4) is 0 Å². The lowest BCUT2D eigenvalue weighted by Gasteiger charge is -2.10. The van der Waals surface area contributed by atoms with Gasteiger partial charge in [0.15, 0.2) is 5.82 Å². The number of carbonyl (C=O) groups is 2. The zero-order chi connectivity index (χ0) is 19.0. The number of pyridine rings is 1. The average molecular weight is 378 g/mol. The molecule has 0 fully saturated rings. The van der Waals surface area contributed by atoms with Crippen molar-refractivity contribution in [1.82, 2.24) is 15.7 Å². The number of carbonyl (C=O) groups excluding carboxylic acids is 2. The van der Waals surface area contributed by atoms with Gasteiger partial charge in [0.2, 0.25) is 0 Å². The van der Waals surface area contributed by atoms with Crippen molar-refractivity contribution in [3.05, 3.63) is 34.6 Å². The van der Waals surface area contributed by atoms with Gasteiger partial charge in [-0.3, -0.25) is 15.5 Å². The number of anilines is 1. The van der Waals surface area contributed by atoms with Crippen LogP contribution in [0.2, 0.25) is 5.02 Å². The minimum Gasteiger partial charge on any atom is -0.450 e. The fraction of sp³-hybridized carbons (Fsp3) is 0.231. The van der Waals surface area contributed by atoms with Gasteiger partial charge in [-0.15, -0.1) is 0 Å². The van der Waals surface area contributed by atoms with Gasteiger partial charge in [-0.05, 0) is 13.0 Å². The van der Waals surface area contributed by atoms with Gasteiger partial charge >= 0.3 is 12.3 Å². The second-order valence-electron chi connectivity index (χ2n) is 4.17. The Morgan fingerprint density at radius 2 is 2.16 bits per heavy atom. The van der Waals surface area contributed by atoms with Gasteiger partial charge in [0, 0.05) is 12.4 Å². The molecule has 0 radical (unpaired) electrons. The lowest BCUT2D eigenvalue weighted by Crippen LogP contribution is -2.32. The quantitative estimate of drug-likeness (QED) is 0.409. The zero-order valence-corrected chi connectivity index (χ0v) is 13.3. The normalized spacial score (nSPS) is 11.3. The Morgan fingerprint density at radius 3 is 2.68 bits per heavy atom. The van der Waals surface area contributed by atoms with Gasteiger partial charge in [0.1, 0.15) is 11.6 Å². The van der Waals surface area contributed by atoms with E-state index >= 15 is 0 Å². The number of imide groups is 1. The first-order valence-corrected chi connectivity index (χ1v) is 6.89. The molecule has 0 unspecified atom stereocenters. The predicted octanol–water partition coefficient (Wildman–Crippen LogP) is 2.35. The molecule has 12 heteroatoms. The third-order valence-corrected chi connectivity index (χ3v) is 2.72. The molecule has 8 nitrogen and oxygen atoms in total. The molecule has 0 aliphatic carbocycles. The minimum atomic E-state index is -4.60.